The molecule has 8 heteroatoms. The van der Waals surface area contributed by atoms with Crippen molar-refractivity contribution in [2.45, 2.75) is 12.1 Å². The summed E-state index contributed by atoms with van der Waals surface area (Å²) in [5, 5.41) is 6.02. The summed E-state index contributed by atoms with van der Waals surface area (Å²) >= 11 is 0. The molecule has 6 rings (SSSR count). The zero-order valence-electron chi connectivity index (χ0n) is 17.6. The third kappa shape index (κ3) is 2.84. The van der Waals surface area contributed by atoms with E-state index >= 15 is 0 Å². The van der Waals surface area contributed by atoms with Crippen molar-refractivity contribution in [3.05, 3.63) is 101 Å². The van der Waals surface area contributed by atoms with Gasteiger partial charge in [0.2, 0.25) is 11.8 Å². The molecule has 168 valence electrons. The Morgan fingerprint density at radius 3 is 2.12 bits per heavy atom. The van der Waals surface area contributed by atoms with Gasteiger partial charge in [0.25, 0.3) is 0 Å². The van der Waals surface area contributed by atoms with Gasteiger partial charge in [-0.2, -0.15) is 5.10 Å². The SMILES string of the molecule is O=C(c1ccc(F)cc1)[C@@H]1[C@@H]2C(=O)N(c3ccc(F)cc3)C(=O)[C@H]2[C@@H]2c3ccccc3C=NN12. The zero-order valence-corrected chi connectivity index (χ0v) is 17.6. The predicted molar refractivity (Wildman–Crippen MR) is 119 cm³/mol. The lowest BCUT2D eigenvalue weighted by Gasteiger charge is -2.33. The van der Waals surface area contributed by atoms with Crippen LogP contribution >= 0.6 is 0 Å². The number of hydrogen-bond acceptors (Lipinski definition) is 5. The van der Waals surface area contributed by atoms with Crippen molar-refractivity contribution >= 4 is 29.5 Å². The van der Waals surface area contributed by atoms with Gasteiger partial charge < -0.3 is 0 Å². The summed E-state index contributed by atoms with van der Waals surface area (Å²) in [5.74, 6) is -4.25. The van der Waals surface area contributed by atoms with Gasteiger partial charge in [-0.05, 0) is 59.7 Å². The van der Waals surface area contributed by atoms with Crippen molar-refractivity contribution < 1.29 is 23.2 Å². The number of imide groups is 1. The number of fused-ring (bicyclic) bond motifs is 5. The number of carbonyl (C=O) groups excluding carboxylic acids is 3. The molecule has 0 spiro atoms. The summed E-state index contributed by atoms with van der Waals surface area (Å²) in [7, 11) is 0. The van der Waals surface area contributed by atoms with Crippen LogP contribution in [0.1, 0.15) is 27.5 Å². The standard InChI is InChI=1S/C26H17F2N3O3/c27-16-7-5-14(6-8-16)24(32)23-21-20(22-19-4-2-1-3-15(19)13-29-31(22)23)25(33)30(26(21)34)18-11-9-17(28)10-12-18/h1-13,20-23H/t20-,21-,22+,23+/m1/s1. The van der Waals surface area contributed by atoms with Crippen LogP contribution in [-0.4, -0.2) is 34.9 Å². The highest BCUT2D eigenvalue weighted by atomic mass is 19.1. The summed E-state index contributed by atoms with van der Waals surface area (Å²) in [4.78, 5) is 42.0. The van der Waals surface area contributed by atoms with Crippen molar-refractivity contribution in [2.24, 2.45) is 16.9 Å². The second-order valence-corrected chi connectivity index (χ2v) is 8.55. The summed E-state index contributed by atoms with van der Waals surface area (Å²) < 4.78 is 27.0. The molecule has 3 aromatic carbocycles. The average molecular weight is 457 g/mol. The molecule has 0 saturated carbocycles. The first-order chi connectivity index (χ1) is 16.5. The number of amides is 2. The van der Waals surface area contributed by atoms with Gasteiger partial charge in [-0.25, -0.2) is 13.7 Å². The van der Waals surface area contributed by atoms with Crippen LogP contribution in [0, 0.1) is 23.5 Å². The van der Waals surface area contributed by atoms with Crippen LogP contribution in [0.15, 0.2) is 77.9 Å². The van der Waals surface area contributed by atoms with Crippen molar-refractivity contribution in [3.63, 3.8) is 0 Å². The van der Waals surface area contributed by atoms with E-state index in [1.807, 2.05) is 24.3 Å². The highest BCUT2D eigenvalue weighted by Gasteiger charge is 2.65. The van der Waals surface area contributed by atoms with Gasteiger partial charge in [0.05, 0.1) is 29.8 Å². The third-order valence-electron chi connectivity index (χ3n) is 6.78. The van der Waals surface area contributed by atoms with Crippen molar-refractivity contribution in [1.29, 1.82) is 0 Å². The average Bonchev–Trinajstić information content (AvgIpc) is 3.32. The number of Topliss-reactive ketones (excluding diaryl/α,β-unsaturated/α-hetero) is 1. The van der Waals surface area contributed by atoms with Gasteiger partial charge >= 0.3 is 0 Å². The minimum atomic E-state index is -1.05. The van der Waals surface area contributed by atoms with Gasteiger partial charge in [0.15, 0.2) is 5.78 Å². The lowest BCUT2D eigenvalue weighted by molar-refractivity contribution is -0.124. The largest absolute Gasteiger partial charge is 0.292 e. The molecule has 0 radical (unpaired) electrons. The topological polar surface area (TPSA) is 70.0 Å². The molecular weight excluding hydrogens is 440 g/mol. The second kappa shape index (κ2) is 7.41. The molecule has 3 aliphatic rings. The van der Waals surface area contributed by atoms with Crippen LogP contribution in [-0.2, 0) is 9.59 Å². The van der Waals surface area contributed by atoms with Crippen molar-refractivity contribution in [3.8, 4) is 0 Å². The van der Waals surface area contributed by atoms with E-state index < -0.39 is 53.2 Å². The fourth-order valence-electron chi connectivity index (χ4n) is 5.30. The van der Waals surface area contributed by atoms with Crippen LogP contribution in [0.2, 0.25) is 0 Å². The highest BCUT2D eigenvalue weighted by molar-refractivity contribution is 6.24. The van der Waals surface area contributed by atoms with Gasteiger partial charge in [-0.3, -0.25) is 19.4 Å². The Morgan fingerprint density at radius 1 is 0.794 bits per heavy atom. The molecule has 0 aliphatic carbocycles. The predicted octanol–water partition coefficient (Wildman–Crippen LogP) is 3.73. The van der Waals surface area contributed by atoms with E-state index in [0.717, 1.165) is 16.0 Å². The monoisotopic (exact) mass is 457 g/mol. The fraction of sp³-hybridized carbons (Fsp3) is 0.154. The maximum absolute atomic E-state index is 13.7. The number of hydrogen-bond donors (Lipinski definition) is 0. The van der Waals surface area contributed by atoms with E-state index in [9.17, 15) is 23.2 Å². The number of benzene rings is 3. The van der Waals surface area contributed by atoms with Gasteiger partial charge in [0.1, 0.15) is 17.7 Å². The molecule has 6 nitrogen and oxygen atoms in total. The normalized spacial score (nSPS) is 24.8. The Bertz CT molecular complexity index is 1370. The van der Waals surface area contributed by atoms with Crippen LogP contribution in [0.5, 0.6) is 0 Å². The second-order valence-electron chi connectivity index (χ2n) is 8.55. The molecule has 3 aromatic rings. The summed E-state index contributed by atoms with van der Waals surface area (Å²) in [6.45, 7) is 0. The molecule has 0 bridgehead atoms. The third-order valence-corrected chi connectivity index (χ3v) is 6.78. The minimum absolute atomic E-state index is 0.223. The van der Waals surface area contributed by atoms with Gasteiger partial charge in [0, 0.05) is 5.56 Å². The lowest BCUT2D eigenvalue weighted by atomic mass is 9.83. The van der Waals surface area contributed by atoms with E-state index in [1.165, 1.54) is 48.5 Å². The molecule has 3 heterocycles. The minimum Gasteiger partial charge on any atom is -0.292 e. The Morgan fingerprint density at radius 2 is 1.41 bits per heavy atom. The number of halogens is 2. The molecule has 2 amide bonds. The number of anilines is 1. The number of ketones is 1. The van der Waals surface area contributed by atoms with Crippen LogP contribution < -0.4 is 4.90 Å². The first-order valence-corrected chi connectivity index (χ1v) is 10.8. The Kier molecular flexibility index (Phi) is 4.45. The van der Waals surface area contributed by atoms with Crippen LogP contribution in [0.3, 0.4) is 0 Å². The maximum atomic E-state index is 13.7. The molecule has 2 saturated heterocycles. The summed E-state index contributed by atoms with van der Waals surface area (Å²) in [6.07, 6.45) is 1.62. The van der Waals surface area contributed by atoms with Crippen LogP contribution in [0.25, 0.3) is 0 Å². The van der Waals surface area contributed by atoms with Crippen molar-refractivity contribution in [2.75, 3.05) is 4.90 Å². The maximum Gasteiger partial charge on any atom is 0.240 e. The van der Waals surface area contributed by atoms with Gasteiger partial charge in [-0.15, -0.1) is 0 Å². The van der Waals surface area contributed by atoms with E-state index in [4.69, 9.17) is 0 Å². The first-order valence-electron chi connectivity index (χ1n) is 10.8. The van der Waals surface area contributed by atoms with Crippen LogP contribution in [0.4, 0.5) is 14.5 Å². The van der Waals surface area contributed by atoms with E-state index in [0.29, 0.717) is 0 Å². The fourth-order valence-corrected chi connectivity index (χ4v) is 5.30. The molecule has 0 N–H and O–H groups in total. The lowest BCUT2D eigenvalue weighted by Crippen LogP contribution is -2.44. The summed E-state index contributed by atoms with van der Waals surface area (Å²) in [5.41, 5.74) is 2.07. The molecule has 34 heavy (non-hydrogen) atoms. The number of rotatable bonds is 3. The zero-order chi connectivity index (χ0) is 23.6. The first kappa shape index (κ1) is 20.4. The number of nitrogens with zero attached hydrogens (tertiary/aromatic N) is 3. The smallest absolute Gasteiger partial charge is 0.240 e. The van der Waals surface area contributed by atoms with Gasteiger partial charge in [-0.1, -0.05) is 24.3 Å². The van der Waals surface area contributed by atoms with Crippen molar-refractivity contribution in [1.82, 2.24) is 5.01 Å². The Labute approximate surface area is 193 Å². The van der Waals surface area contributed by atoms with E-state index in [2.05, 4.69) is 5.10 Å². The number of carbonyl (C=O) groups is 3. The Balaban J connectivity index is 1.49. The molecule has 4 atom stereocenters. The molecule has 0 unspecified atom stereocenters. The molecule has 2 fully saturated rings. The number of hydrazone groups is 1. The highest BCUT2D eigenvalue weighted by Crippen LogP contribution is 2.53. The molecule has 0 aromatic heterocycles. The van der Waals surface area contributed by atoms with E-state index in [1.54, 1.807) is 11.2 Å². The molecule has 3 aliphatic heterocycles. The Hall–Kier alpha value is -4.20. The summed E-state index contributed by atoms with van der Waals surface area (Å²) in [6, 6.07) is 15.9. The quantitative estimate of drug-likeness (QED) is 0.444. The van der Waals surface area contributed by atoms with E-state index in [-0.39, 0.29) is 11.3 Å². The molecular formula is C26H17F2N3O3.